The zero-order valence-corrected chi connectivity index (χ0v) is 15.8. The second-order valence-corrected chi connectivity index (χ2v) is 6.99. The molecule has 2 aromatic carbocycles. The zero-order valence-electron chi connectivity index (χ0n) is 14.3. The molecule has 0 saturated carbocycles. The van der Waals surface area contributed by atoms with Crippen LogP contribution in [-0.4, -0.2) is 27.8 Å². The van der Waals surface area contributed by atoms with Gasteiger partial charge in [0.15, 0.2) is 5.16 Å². The number of anilines is 1. The Labute approximate surface area is 160 Å². The van der Waals surface area contributed by atoms with Crippen LogP contribution in [0.4, 0.5) is 5.69 Å². The number of rotatable bonds is 6. The highest BCUT2D eigenvalue weighted by atomic mass is 35.5. The van der Waals surface area contributed by atoms with E-state index < -0.39 is 0 Å². The summed E-state index contributed by atoms with van der Waals surface area (Å²) < 4.78 is 6.94. The zero-order chi connectivity index (χ0) is 18.5. The summed E-state index contributed by atoms with van der Waals surface area (Å²) in [7, 11) is 3.47. The number of aryl methyl sites for hydroxylation is 1. The van der Waals surface area contributed by atoms with Crippen LogP contribution < -0.4 is 10.1 Å². The number of nitrogens with zero attached hydrogens (tertiary/aromatic N) is 3. The van der Waals surface area contributed by atoms with Crippen molar-refractivity contribution in [3.63, 3.8) is 0 Å². The molecular weight excluding hydrogens is 372 g/mol. The Balaban J connectivity index is 1.74. The Morgan fingerprint density at radius 2 is 2.04 bits per heavy atom. The minimum Gasteiger partial charge on any atom is -0.497 e. The van der Waals surface area contributed by atoms with Gasteiger partial charge in [0.1, 0.15) is 12.1 Å². The highest BCUT2D eigenvalue weighted by molar-refractivity contribution is 7.99. The molecule has 6 nitrogen and oxygen atoms in total. The van der Waals surface area contributed by atoms with Crippen molar-refractivity contribution in [3.8, 4) is 5.75 Å². The van der Waals surface area contributed by atoms with E-state index in [4.69, 9.17) is 16.3 Å². The van der Waals surface area contributed by atoms with Gasteiger partial charge >= 0.3 is 0 Å². The molecule has 0 saturated heterocycles. The van der Waals surface area contributed by atoms with Crippen LogP contribution in [0.3, 0.4) is 0 Å². The summed E-state index contributed by atoms with van der Waals surface area (Å²) in [4.78, 5) is 13.3. The molecule has 3 rings (SSSR count). The summed E-state index contributed by atoms with van der Waals surface area (Å²) in [5.74, 6) is 0.628. The summed E-state index contributed by atoms with van der Waals surface area (Å²) in [6.07, 6.45) is 1.88. The Kier molecular flexibility index (Phi) is 5.80. The van der Waals surface area contributed by atoms with E-state index in [2.05, 4.69) is 15.5 Å². The fourth-order valence-electron chi connectivity index (χ4n) is 2.28. The van der Waals surface area contributed by atoms with Gasteiger partial charge in [-0.15, -0.1) is 10.2 Å². The molecule has 26 heavy (non-hydrogen) atoms. The van der Waals surface area contributed by atoms with E-state index in [-0.39, 0.29) is 12.3 Å². The molecule has 3 aromatic rings. The summed E-state index contributed by atoms with van der Waals surface area (Å²) in [6.45, 7) is 0. The molecule has 0 radical (unpaired) electrons. The molecule has 0 bridgehead atoms. The fourth-order valence-corrected chi connectivity index (χ4v) is 3.28. The molecule has 1 aromatic heterocycles. The van der Waals surface area contributed by atoms with Crippen LogP contribution >= 0.6 is 23.4 Å². The highest BCUT2D eigenvalue weighted by Gasteiger charge is 2.12. The minimum atomic E-state index is -0.128. The number of ether oxygens (including phenoxy) is 1. The molecule has 0 unspecified atom stereocenters. The number of halogens is 1. The van der Waals surface area contributed by atoms with Crippen molar-refractivity contribution in [2.75, 3.05) is 12.4 Å². The lowest BCUT2D eigenvalue weighted by molar-refractivity contribution is -0.115. The third-order valence-corrected chi connectivity index (χ3v) is 4.97. The first kappa shape index (κ1) is 18.3. The fraction of sp³-hybridized carbons (Fsp3) is 0.167. The van der Waals surface area contributed by atoms with Crippen LogP contribution in [0.25, 0.3) is 0 Å². The lowest BCUT2D eigenvalue weighted by Gasteiger charge is -2.11. The van der Waals surface area contributed by atoms with Crippen molar-refractivity contribution in [1.82, 2.24) is 14.8 Å². The second-order valence-electron chi connectivity index (χ2n) is 5.54. The number of hydrogen-bond acceptors (Lipinski definition) is 5. The van der Waals surface area contributed by atoms with E-state index in [1.807, 2.05) is 41.9 Å². The van der Waals surface area contributed by atoms with Crippen LogP contribution in [0.15, 0.2) is 58.8 Å². The maximum absolute atomic E-state index is 12.4. The van der Waals surface area contributed by atoms with Crippen LogP contribution in [-0.2, 0) is 18.3 Å². The molecular formula is C18H17ClN4O2S. The monoisotopic (exact) mass is 388 g/mol. The van der Waals surface area contributed by atoms with E-state index >= 15 is 0 Å². The maximum atomic E-state index is 12.4. The largest absolute Gasteiger partial charge is 0.497 e. The maximum Gasteiger partial charge on any atom is 0.228 e. The molecule has 0 spiro atoms. The highest BCUT2D eigenvalue weighted by Crippen LogP contribution is 2.34. The van der Waals surface area contributed by atoms with Crippen molar-refractivity contribution in [2.24, 2.45) is 7.05 Å². The number of amides is 1. The van der Waals surface area contributed by atoms with Crippen molar-refractivity contribution in [2.45, 2.75) is 16.5 Å². The first-order valence-electron chi connectivity index (χ1n) is 7.79. The Hall–Kier alpha value is -2.51. The topological polar surface area (TPSA) is 69.0 Å². The van der Waals surface area contributed by atoms with E-state index in [0.29, 0.717) is 10.7 Å². The lowest BCUT2D eigenvalue weighted by Crippen LogP contribution is -2.15. The molecule has 1 amide bonds. The van der Waals surface area contributed by atoms with E-state index in [9.17, 15) is 4.79 Å². The number of carbonyl (C=O) groups excluding carboxylic acids is 1. The summed E-state index contributed by atoms with van der Waals surface area (Å²) >= 11 is 7.51. The van der Waals surface area contributed by atoms with Gasteiger partial charge in [-0.2, -0.15) is 0 Å². The number of hydrogen-bond donors (Lipinski definition) is 1. The van der Waals surface area contributed by atoms with Gasteiger partial charge in [0.2, 0.25) is 5.91 Å². The molecule has 0 atom stereocenters. The van der Waals surface area contributed by atoms with Crippen molar-refractivity contribution in [1.29, 1.82) is 0 Å². The van der Waals surface area contributed by atoms with Crippen molar-refractivity contribution in [3.05, 3.63) is 59.4 Å². The molecule has 0 aliphatic heterocycles. The van der Waals surface area contributed by atoms with E-state index in [0.717, 1.165) is 21.4 Å². The van der Waals surface area contributed by atoms with Crippen LogP contribution in [0, 0.1) is 0 Å². The summed E-state index contributed by atoms with van der Waals surface area (Å²) in [5, 5.41) is 12.1. The van der Waals surface area contributed by atoms with Crippen LogP contribution in [0.1, 0.15) is 5.56 Å². The van der Waals surface area contributed by atoms with Gasteiger partial charge in [-0.3, -0.25) is 4.79 Å². The molecule has 1 heterocycles. The molecule has 1 N–H and O–H groups in total. The molecule has 0 aliphatic carbocycles. The van der Waals surface area contributed by atoms with Gasteiger partial charge in [-0.1, -0.05) is 23.7 Å². The number of nitrogens with one attached hydrogen (secondary N) is 1. The molecule has 134 valence electrons. The predicted molar refractivity (Wildman–Crippen MR) is 102 cm³/mol. The standard InChI is InChI=1S/C18H17ClN4O2S/c1-23-11-20-22-18(23)26-16-8-5-13(19)10-15(16)21-17(24)9-12-3-6-14(25-2)7-4-12/h3-8,10-11H,9H2,1-2H3,(H,21,24). The number of aromatic nitrogens is 3. The normalized spacial score (nSPS) is 10.6. The summed E-state index contributed by atoms with van der Waals surface area (Å²) in [6, 6.07) is 12.8. The van der Waals surface area contributed by atoms with Crippen LogP contribution in [0.2, 0.25) is 5.02 Å². The number of methoxy groups -OCH3 is 1. The molecule has 0 aliphatic rings. The Morgan fingerprint density at radius 3 is 2.69 bits per heavy atom. The third kappa shape index (κ3) is 4.56. The van der Waals surface area contributed by atoms with E-state index in [1.54, 1.807) is 25.6 Å². The van der Waals surface area contributed by atoms with Gasteiger partial charge in [-0.25, -0.2) is 0 Å². The molecule has 0 fully saturated rings. The molecule has 8 heteroatoms. The van der Waals surface area contributed by atoms with Crippen molar-refractivity contribution >= 4 is 35.0 Å². The van der Waals surface area contributed by atoms with Gasteiger partial charge in [0, 0.05) is 17.0 Å². The Morgan fingerprint density at radius 1 is 1.27 bits per heavy atom. The van der Waals surface area contributed by atoms with Gasteiger partial charge in [0.05, 0.1) is 19.2 Å². The second kappa shape index (κ2) is 8.25. The van der Waals surface area contributed by atoms with E-state index in [1.165, 1.54) is 11.8 Å². The smallest absolute Gasteiger partial charge is 0.228 e. The summed E-state index contributed by atoms with van der Waals surface area (Å²) in [5.41, 5.74) is 1.54. The van der Waals surface area contributed by atoms with Gasteiger partial charge < -0.3 is 14.6 Å². The first-order valence-corrected chi connectivity index (χ1v) is 8.99. The number of benzene rings is 2. The SMILES string of the molecule is COc1ccc(CC(=O)Nc2cc(Cl)ccc2Sc2nncn2C)cc1. The number of carbonyl (C=O) groups is 1. The minimum absolute atomic E-state index is 0.128. The average molecular weight is 389 g/mol. The van der Waals surface area contributed by atoms with Gasteiger partial charge in [-0.05, 0) is 47.7 Å². The lowest BCUT2D eigenvalue weighted by atomic mass is 10.1. The van der Waals surface area contributed by atoms with Crippen molar-refractivity contribution < 1.29 is 9.53 Å². The average Bonchev–Trinajstić information content (AvgIpc) is 3.03. The third-order valence-electron chi connectivity index (χ3n) is 3.61. The van der Waals surface area contributed by atoms with Crippen LogP contribution in [0.5, 0.6) is 5.75 Å². The first-order chi connectivity index (χ1) is 12.5. The Bertz CT molecular complexity index is 912. The quantitative estimate of drug-likeness (QED) is 0.695. The van der Waals surface area contributed by atoms with Gasteiger partial charge in [0.25, 0.3) is 0 Å². The predicted octanol–water partition coefficient (Wildman–Crippen LogP) is 3.81.